The summed E-state index contributed by atoms with van der Waals surface area (Å²) in [5.74, 6) is -4.65. The van der Waals surface area contributed by atoms with Crippen molar-refractivity contribution in [3.63, 3.8) is 0 Å². The van der Waals surface area contributed by atoms with Gasteiger partial charge in [-0.2, -0.15) is 0 Å². The summed E-state index contributed by atoms with van der Waals surface area (Å²) in [6.45, 7) is 2.49. The van der Waals surface area contributed by atoms with Gasteiger partial charge in [0.05, 0.1) is 5.69 Å². The zero-order valence-electron chi connectivity index (χ0n) is 11.1. The molecule has 0 spiro atoms. The maximum atomic E-state index is 13.5. The molecule has 0 aliphatic heterocycles. The van der Waals surface area contributed by atoms with Crippen LogP contribution in [0.2, 0.25) is 0 Å². The molecule has 1 aromatic carbocycles. The molecule has 0 unspecified atom stereocenters. The molecular formula is C14H12F3N3O. The second-order valence-electron chi connectivity index (χ2n) is 4.12. The molecule has 0 atom stereocenters. The summed E-state index contributed by atoms with van der Waals surface area (Å²) in [6, 6.07) is 6.37. The Morgan fingerprint density at radius 3 is 2.62 bits per heavy atom. The summed E-state index contributed by atoms with van der Waals surface area (Å²) in [7, 11) is 0. The van der Waals surface area contributed by atoms with Crippen molar-refractivity contribution in [2.24, 2.45) is 0 Å². The topological polar surface area (TPSA) is 54.0 Å². The van der Waals surface area contributed by atoms with Crippen LogP contribution >= 0.6 is 0 Å². The van der Waals surface area contributed by atoms with E-state index in [1.54, 1.807) is 12.1 Å². The van der Waals surface area contributed by atoms with Gasteiger partial charge in [-0.25, -0.2) is 18.2 Å². The van der Waals surface area contributed by atoms with Crippen molar-refractivity contribution in [2.45, 2.75) is 6.92 Å². The smallest absolute Gasteiger partial charge is 0.274 e. The number of benzene rings is 1. The van der Waals surface area contributed by atoms with Crippen molar-refractivity contribution < 1.29 is 18.0 Å². The summed E-state index contributed by atoms with van der Waals surface area (Å²) in [5, 5.41) is 5.07. The van der Waals surface area contributed by atoms with Crippen LogP contribution in [0.15, 0.2) is 30.3 Å². The van der Waals surface area contributed by atoms with E-state index >= 15 is 0 Å². The minimum absolute atomic E-state index is 0.0255. The molecule has 0 bridgehead atoms. The second-order valence-corrected chi connectivity index (χ2v) is 4.12. The first kappa shape index (κ1) is 14.8. The van der Waals surface area contributed by atoms with Crippen molar-refractivity contribution >= 4 is 17.4 Å². The molecule has 4 nitrogen and oxygen atoms in total. The van der Waals surface area contributed by atoms with Crippen LogP contribution in [-0.4, -0.2) is 17.4 Å². The highest BCUT2D eigenvalue weighted by atomic mass is 19.2. The number of aromatic nitrogens is 1. The highest BCUT2D eigenvalue weighted by Crippen LogP contribution is 2.20. The number of nitrogens with one attached hydrogen (secondary N) is 2. The number of pyridine rings is 1. The van der Waals surface area contributed by atoms with Crippen molar-refractivity contribution in [3.05, 3.63) is 53.5 Å². The van der Waals surface area contributed by atoms with Gasteiger partial charge >= 0.3 is 0 Å². The lowest BCUT2D eigenvalue weighted by atomic mass is 10.2. The summed E-state index contributed by atoms with van der Waals surface area (Å²) in [4.78, 5) is 15.9. The van der Waals surface area contributed by atoms with Crippen LogP contribution in [0.1, 0.15) is 17.4 Å². The van der Waals surface area contributed by atoms with E-state index in [9.17, 15) is 18.0 Å². The number of hydrogen-bond donors (Lipinski definition) is 2. The Morgan fingerprint density at radius 2 is 1.90 bits per heavy atom. The molecule has 0 saturated heterocycles. The van der Waals surface area contributed by atoms with Gasteiger partial charge in [0, 0.05) is 6.54 Å². The van der Waals surface area contributed by atoms with Crippen LogP contribution in [0.3, 0.4) is 0 Å². The maximum absolute atomic E-state index is 13.5. The number of nitrogens with zero attached hydrogens (tertiary/aromatic N) is 1. The molecule has 0 radical (unpaired) electrons. The van der Waals surface area contributed by atoms with E-state index in [4.69, 9.17) is 0 Å². The lowest BCUT2D eigenvalue weighted by Gasteiger charge is -2.08. The molecule has 1 heterocycles. The highest BCUT2D eigenvalue weighted by molar-refractivity contribution is 6.03. The summed E-state index contributed by atoms with van der Waals surface area (Å²) in [6.07, 6.45) is 0. The fourth-order valence-corrected chi connectivity index (χ4v) is 1.65. The average molecular weight is 295 g/mol. The minimum atomic E-state index is -1.64. The number of amides is 1. The molecule has 2 aromatic rings. The molecule has 7 heteroatoms. The van der Waals surface area contributed by atoms with E-state index in [2.05, 4.69) is 15.6 Å². The SMILES string of the molecule is CCNc1cccc(C(=O)Nc2ccc(F)c(F)c2F)n1. The Balaban J connectivity index is 2.22. The average Bonchev–Trinajstić information content (AvgIpc) is 2.48. The Kier molecular flexibility index (Phi) is 4.42. The normalized spacial score (nSPS) is 10.3. The van der Waals surface area contributed by atoms with Gasteiger partial charge < -0.3 is 10.6 Å². The Hall–Kier alpha value is -2.57. The van der Waals surface area contributed by atoms with Crippen molar-refractivity contribution in [2.75, 3.05) is 17.2 Å². The third-order valence-electron chi connectivity index (χ3n) is 2.62. The fraction of sp³-hybridized carbons (Fsp3) is 0.143. The van der Waals surface area contributed by atoms with Gasteiger partial charge in [0.1, 0.15) is 11.5 Å². The van der Waals surface area contributed by atoms with Crippen LogP contribution in [0.25, 0.3) is 0 Å². The van der Waals surface area contributed by atoms with Crippen LogP contribution in [0.4, 0.5) is 24.7 Å². The zero-order chi connectivity index (χ0) is 15.4. The molecule has 110 valence electrons. The van der Waals surface area contributed by atoms with Crippen LogP contribution < -0.4 is 10.6 Å². The van der Waals surface area contributed by atoms with Gasteiger partial charge in [0.2, 0.25) is 0 Å². The fourth-order valence-electron chi connectivity index (χ4n) is 1.65. The molecule has 1 amide bonds. The van der Waals surface area contributed by atoms with Gasteiger partial charge in [0.15, 0.2) is 17.5 Å². The number of hydrogen-bond acceptors (Lipinski definition) is 3. The third kappa shape index (κ3) is 3.31. The predicted octanol–water partition coefficient (Wildman–Crippen LogP) is 3.18. The van der Waals surface area contributed by atoms with Gasteiger partial charge in [-0.05, 0) is 31.2 Å². The number of halogens is 3. The maximum Gasteiger partial charge on any atom is 0.274 e. The van der Waals surface area contributed by atoms with E-state index in [0.29, 0.717) is 12.4 Å². The first-order chi connectivity index (χ1) is 10.0. The van der Waals surface area contributed by atoms with Crippen molar-refractivity contribution in [3.8, 4) is 0 Å². The summed E-state index contributed by atoms with van der Waals surface area (Å²) in [5.41, 5.74) is -0.424. The molecule has 2 N–H and O–H groups in total. The quantitative estimate of drug-likeness (QED) is 0.852. The van der Waals surface area contributed by atoms with E-state index in [0.717, 1.165) is 12.1 Å². The van der Waals surface area contributed by atoms with Crippen molar-refractivity contribution in [1.29, 1.82) is 0 Å². The lowest BCUT2D eigenvalue weighted by Crippen LogP contribution is -2.16. The van der Waals surface area contributed by atoms with E-state index in [1.807, 2.05) is 6.92 Å². The third-order valence-corrected chi connectivity index (χ3v) is 2.62. The standard InChI is InChI=1S/C14H12F3N3O/c1-2-18-11-5-3-4-10(19-11)14(21)20-9-7-6-8(15)12(16)13(9)17/h3-7H,2H2,1H3,(H,18,19)(H,20,21). The molecule has 1 aromatic heterocycles. The van der Waals surface area contributed by atoms with Crippen LogP contribution in [-0.2, 0) is 0 Å². The largest absolute Gasteiger partial charge is 0.370 e. The predicted molar refractivity (Wildman–Crippen MR) is 72.7 cm³/mol. The molecule has 0 saturated carbocycles. The monoisotopic (exact) mass is 295 g/mol. The highest BCUT2D eigenvalue weighted by Gasteiger charge is 2.16. The molecule has 21 heavy (non-hydrogen) atoms. The van der Waals surface area contributed by atoms with Crippen LogP contribution in [0.5, 0.6) is 0 Å². The lowest BCUT2D eigenvalue weighted by molar-refractivity contribution is 0.102. The second kappa shape index (κ2) is 6.25. The first-order valence-corrected chi connectivity index (χ1v) is 6.18. The minimum Gasteiger partial charge on any atom is -0.370 e. The van der Waals surface area contributed by atoms with Gasteiger partial charge in [-0.1, -0.05) is 6.07 Å². The molecule has 0 aliphatic carbocycles. The molecule has 0 fully saturated rings. The Bertz CT molecular complexity index is 677. The molecule has 0 aliphatic rings. The Morgan fingerprint density at radius 1 is 1.14 bits per heavy atom. The van der Waals surface area contributed by atoms with Gasteiger partial charge in [-0.3, -0.25) is 4.79 Å². The number of rotatable bonds is 4. The molecule has 2 rings (SSSR count). The number of carbonyl (C=O) groups is 1. The van der Waals surface area contributed by atoms with Gasteiger partial charge in [0.25, 0.3) is 5.91 Å². The zero-order valence-corrected chi connectivity index (χ0v) is 11.1. The Labute approximate surface area is 119 Å². The van der Waals surface area contributed by atoms with Crippen molar-refractivity contribution in [1.82, 2.24) is 4.98 Å². The summed E-state index contributed by atoms with van der Waals surface area (Å²) >= 11 is 0. The van der Waals surface area contributed by atoms with E-state index in [1.165, 1.54) is 6.07 Å². The van der Waals surface area contributed by atoms with Crippen LogP contribution in [0, 0.1) is 17.5 Å². The van der Waals surface area contributed by atoms with E-state index in [-0.39, 0.29) is 5.69 Å². The number of anilines is 2. The first-order valence-electron chi connectivity index (χ1n) is 6.18. The molecular weight excluding hydrogens is 283 g/mol. The summed E-state index contributed by atoms with van der Waals surface area (Å²) < 4.78 is 39.4. The van der Waals surface area contributed by atoms with Gasteiger partial charge in [-0.15, -0.1) is 0 Å². The number of carbonyl (C=O) groups excluding carboxylic acids is 1. The van der Waals surface area contributed by atoms with E-state index < -0.39 is 29.0 Å².